The maximum atomic E-state index is 12.9. The Kier molecular flexibility index (Phi) is 5.99. The van der Waals surface area contributed by atoms with Crippen LogP contribution < -0.4 is 0 Å². The van der Waals surface area contributed by atoms with E-state index in [9.17, 15) is 4.79 Å². The Hall–Kier alpha value is -1.43. The van der Waals surface area contributed by atoms with Crippen molar-refractivity contribution >= 4 is 5.97 Å². The number of carbonyl (C=O) groups is 1. The van der Waals surface area contributed by atoms with Gasteiger partial charge in [-0.05, 0) is 50.7 Å². The summed E-state index contributed by atoms with van der Waals surface area (Å²) in [6.07, 6.45) is 3.65. The van der Waals surface area contributed by atoms with Gasteiger partial charge in [-0.15, -0.1) is 0 Å². The summed E-state index contributed by atoms with van der Waals surface area (Å²) in [6, 6.07) is 9.21. The summed E-state index contributed by atoms with van der Waals surface area (Å²) in [5.41, 5.74) is 0.0750. The number of carbonyl (C=O) groups excluding carboxylic acids is 1. The van der Waals surface area contributed by atoms with E-state index in [-0.39, 0.29) is 47.3 Å². The van der Waals surface area contributed by atoms with Gasteiger partial charge < -0.3 is 18.9 Å². The second-order valence-corrected chi connectivity index (χ2v) is 9.90. The summed E-state index contributed by atoms with van der Waals surface area (Å²) in [6.45, 7) is 9.57. The van der Waals surface area contributed by atoms with Crippen molar-refractivity contribution in [1.82, 2.24) is 0 Å². The van der Waals surface area contributed by atoms with E-state index in [4.69, 9.17) is 18.9 Å². The van der Waals surface area contributed by atoms with E-state index < -0.39 is 0 Å². The van der Waals surface area contributed by atoms with E-state index in [0.29, 0.717) is 11.5 Å². The number of benzene rings is 1. The first-order valence-electron chi connectivity index (χ1n) is 11.4. The van der Waals surface area contributed by atoms with Gasteiger partial charge in [-0.1, -0.05) is 39.0 Å². The Labute approximate surface area is 180 Å². The molecule has 2 aliphatic heterocycles. The summed E-state index contributed by atoms with van der Waals surface area (Å²) in [5, 5.41) is 0. The lowest BCUT2D eigenvalue weighted by Crippen LogP contribution is -2.59. The highest BCUT2D eigenvalue weighted by Crippen LogP contribution is 2.61. The van der Waals surface area contributed by atoms with Gasteiger partial charge in [-0.25, -0.2) is 4.79 Å². The minimum absolute atomic E-state index is 0.0588. The van der Waals surface area contributed by atoms with Crippen molar-refractivity contribution < 1.29 is 23.7 Å². The molecule has 1 aliphatic carbocycles. The van der Waals surface area contributed by atoms with E-state index in [2.05, 4.69) is 27.7 Å². The first kappa shape index (κ1) is 21.8. The van der Waals surface area contributed by atoms with Crippen molar-refractivity contribution in [1.29, 1.82) is 0 Å². The lowest BCUT2D eigenvalue weighted by atomic mass is 9.64. The molecule has 0 N–H and O–H groups in total. The second-order valence-electron chi connectivity index (χ2n) is 9.90. The molecule has 1 spiro atoms. The van der Waals surface area contributed by atoms with Gasteiger partial charge in [0.05, 0.1) is 24.2 Å². The molecule has 4 rings (SSSR count). The molecule has 7 unspecified atom stereocenters. The van der Waals surface area contributed by atoms with Crippen LogP contribution in [0.25, 0.3) is 0 Å². The quantitative estimate of drug-likeness (QED) is 0.456. The summed E-state index contributed by atoms with van der Waals surface area (Å²) >= 11 is 0. The zero-order chi connectivity index (χ0) is 21.5. The smallest absolute Gasteiger partial charge is 0.338 e. The molecule has 5 heteroatoms. The summed E-state index contributed by atoms with van der Waals surface area (Å²) < 4.78 is 24.6. The minimum atomic E-state index is -0.306. The van der Waals surface area contributed by atoms with Gasteiger partial charge >= 0.3 is 5.97 Å². The van der Waals surface area contributed by atoms with Gasteiger partial charge in [-0.2, -0.15) is 0 Å². The first-order chi connectivity index (χ1) is 14.3. The van der Waals surface area contributed by atoms with Gasteiger partial charge in [-0.3, -0.25) is 0 Å². The molecule has 3 aliphatic rings. The highest BCUT2D eigenvalue weighted by molar-refractivity contribution is 5.89. The van der Waals surface area contributed by atoms with Crippen LogP contribution in [0.1, 0.15) is 63.7 Å². The van der Waals surface area contributed by atoms with Crippen molar-refractivity contribution in [3.05, 3.63) is 35.9 Å². The third-order valence-corrected chi connectivity index (χ3v) is 7.46. The minimum Gasteiger partial charge on any atom is -0.456 e. The molecular weight excluding hydrogens is 380 g/mol. The molecule has 30 heavy (non-hydrogen) atoms. The SMILES string of the molecule is CCC1CC2(CO2)C(C2(C)OC2CCC(C)C)C(OC)C1OC(=O)c1ccccc1. The maximum Gasteiger partial charge on any atom is 0.338 e. The number of rotatable bonds is 8. The van der Waals surface area contributed by atoms with Crippen molar-refractivity contribution in [2.24, 2.45) is 17.8 Å². The van der Waals surface area contributed by atoms with Gasteiger partial charge in [0.25, 0.3) is 0 Å². The molecule has 0 bridgehead atoms. The molecule has 3 fully saturated rings. The fraction of sp³-hybridized carbons (Fsp3) is 0.720. The molecule has 1 aromatic carbocycles. The largest absolute Gasteiger partial charge is 0.456 e. The summed E-state index contributed by atoms with van der Waals surface area (Å²) in [7, 11) is 1.73. The molecule has 0 amide bonds. The second kappa shape index (κ2) is 8.25. The third-order valence-electron chi connectivity index (χ3n) is 7.46. The number of hydrogen-bond acceptors (Lipinski definition) is 5. The monoisotopic (exact) mass is 416 g/mol. The van der Waals surface area contributed by atoms with Crippen molar-refractivity contribution in [3.8, 4) is 0 Å². The van der Waals surface area contributed by atoms with Crippen LogP contribution in [0.15, 0.2) is 30.3 Å². The van der Waals surface area contributed by atoms with E-state index in [0.717, 1.165) is 32.3 Å². The number of ether oxygens (including phenoxy) is 4. The molecule has 7 atom stereocenters. The molecular formula is C25H36O5. The Morgan fingerprint density at radius 1 is 1.23 bits per heavy atom. The van der Waals surface area contributed by atoms with Crippen molar-refractivity contribution in [2.45, 2.75) is 82.9 Å². The van der Waals surface area contributed by atoms with Gasteiger partial charge in [0.1, 0.15) is 23.4 Å². The third kappa shape index (κ3) is 3.92. The van der Waals surface area contributed by atoms with E-state index in [1.165, 1.54) is 0 Å². The van der Waals surface area contributed by atoms with Crippen LogP contribution in [-0.4, -0.2) is 49.2 Å². The average Bonchev–Trinajstić information content (AvgIpc) is 3.65. The Balaban J connectivity index is 1.57. The van der Waals surface area contributed by atoms with Crippen molar-refractivity contribution in [2.75, 3.05) is 13.7 Å². The topological polar surface area (TPSA) is 60.6 Å². The highest BCUT2D eigenvalue weighted by Gasteiger charge is 2.73. The van der Waals surface area contributed by atoms with Crippen LogP contribution in [-0.2, 0) is 18.9 Å². The lowest BCUT2D eigenvalue weighted by Gasteiger charge is -2.46. The predicted octanol–water partition coefficient (Wildman–Crippen LogP) is 4.64. The summed E-state index contributed by atoms with van der Waals surface area (Å²) in [4.78, 5) is 12.9. The Bertz CT molecular complexity index is 743. The Morgan fingerprint density at radius 2 is 1.93 bits per heavy atom. The zero-order valence-corrected chi connectivity index (χ0v) is 18.9. The molecule has 5 nitrogen and oxygen atoms in total. The highest BCUT2D eigenvalue weighted by atomic mass is 16.6. The van der Waals surface area contributed by atoms with Gasteiger partial charge in [0, 0.05) is 13.0 Å². The van der Waals surface area contributed by atoms with Crippen LogP contribution in [0, 0.1) is 17.8 Å². The lowest BCUT2D eigenvalue weighted by molar-refractivity contribution is -0.144. The molecule has 1 saturated carbocycles. The molecule has 166 valence electrons. The molecule has 2 saturated heterocycles. The number of epoxide rings is 2. The van der Waals surface area contributed by atoms with Crippen LogP contribution in [0.3, 0.4) is 0 Å². The Morgan fingerprint density at radius 3 is 2.50 bits per heavy atom. The van der Waals surface area contributed by atoms with E-state index >= 15 is 0 Å². The van der Waals surface area contributed by atoms with E-state index in [1.807, 2.05) is 18.2 Å². The fourth-order valence-corrected chi connectivity index (χ4v) is 5.64. The molecule has 2 heterocycles. The van der Waals surface area contributed by atoms with E-state index in [1.54, 1.807) is 19.2 Å². The standard InChI is InChI=1S/C25H36O5/c1-6-17-14-25(15-28-25)22(24(4)19(30-24)13-12-16(2)3)21(27-5)20(17)29-23(26)18-10-8-7-9-11-18/h7-11,16-17,19-22H,6,12-15H2,1-5H3. The molecule has 1 aromatic rings. The summed E-state index contributed by atoms with van der Waals surface area (Å²) in [5.74, 6) is 0.630. The fourth-order valence-electron chi connectivity index (χ4n) is 5.64. The first-order valence-corrected chi connectivity index (χ1v) is 11.4. The average molecular weight is 417 g/mol. The van der Waals surface area contributed by atoms with Crippen molar-refractivity contribution in [3.63, 3.8) is 0 Å². The molecule has 0 radical (unpaired) electrons. The van der Waals surface area contributed by atoms with Crippen LogP contribution in [0.4, 0.5) is 0 Å². The van der Waals surface area contributed by atoms with Gasteiger partial charge in [0.15, 0.2) is 0 Å². The maximum absolute atomic E-state index is 12.9. The van der Waals surface area contributed by atoms with Crippen LogP contribution in [0.2, 0.25) is 0 Å². The van der Waals surface area contributed by atoms with Crippen LogP contribution in [0.5, 0.6) is 0 Å². The predicted molar refractivity (Wildman–Crippen MR) is 114 cm³/mol. The normalized spacial score (nSPS) is 39.9. The number of methoxy groups -OCH3 is 1. The number of esters is 1. The van der Waals surface area contributed by atoms with Gasteiger partial charge in [0.2, 0.25) is 0 Å². The van der Waals surface area contributed by atoms with Crippen LogP contribution >= 0.6 is 0 Å². The number of hydrogen-bond donors (Lipinski definition) is 0. The zero-order valence-electron chi connectivity index (χ0n) is 18.9. The molecule has 0 aromatic heterocycles.